The maximum absolute atomic E-state index is 13.3. The van der Waals surface area contributed by atoms with Crippen LogP contribution < -0.4 is 0 Å². The Labute approximate surface area is 129 Å². The summed E-state index contributed by atoms with van der Waals surface area (Å²) >= 11 is 0. The molecule has 2 aliphatic heterocycles. The van der Waals surface area contributed by atoms with Crippen LogP contribution in [-0.2, 0) is 4.79 Å². The fourth-order valence-corrected chi connectivity index (χ4v) is 4.34. The quantitative estimate of drug-likeness (QED) is 0.695. The Morgan fingerprint density at radius 2 is 1.86 bits per heavy atom. The molecule has 1 spiro atoms. The van der Waals surface area contributed by atoms with E-state index < -0.39 is 18.0 Å². The van der Waals surface area contributed by atoms with Crippen LogP contribution >= 0.6 is 0 Å². The summed E-state index contributed by atoms with van der Waals surface area (Å²) < 4.78 is 39.8. The second kappa shape index (κ2) is 5.55. The number of amides is 1. The number of alkyl halides is 3. The van der Waals surface area contributed by atoms with Crippen molar-refractivity contribution in [2.45, 2.75) is 43.8 Å². The van der Waals surface area contributed by atoms with Crippen molar-refractivity contribution in [1.82, 2.24) is 9.80 Å². The van der Waals surface area contributed by atoms with Crippen LogP contribution in [0.4, 0.5) is 13.2 Å². The summed E-state index contributed by atoms with van der Waals surface area (Å²) in [7, 11) is 1.66. The van der Waals surface area contributed by atoms with Gasteiger partial charge in [-0.15, -0.1) is 0 Å². The van der Waals surface area contributed by atoms with E-state index in [0.29, 0.717) is 6.54 Å². The second-order valence-corrected chi connectivity index (χ2v) is 6.99. The number of likely N-dealkylation sites (tertiary alicyclic amines) is 1. The second-order valence-electron chi connectivity index (χ2n) is 6.99. The van der Waals surface area contributed by atoms with Gasteiger partial charge in [-0.2, -0.15) is 13.2 Å². The van der Waals surface area contributed by atoms with Crippen LogP contribution in [0.3, 0.4) is 0 Å². The van der Waals surface area contributed by atoms with E-state index in [1.54, 1.807) is 16.8 Å². The molecule has 2 unspecified atom stereocenters. The van der Waals surface area contributed by atoms with Crippen LogP contribution in [0, 0.1) is 11.8 Å². The molecule has 0 N–H and O–H groups in total. The molecule has 0 aromatic rings. The summed E-state index contributed by atoms with van der Waals surface area (Å²) in [6.45, 7) is 0.591. The third-order valence-corrected chi connectivity index (χ3v) is 5.48. The fraction of sp³-hybridized carbons (Fsp3) is 0.812. The highest BCUT2D eigenvalue weighted by atomic mass is 19.4. The highest BCUT2D eigenvalue weighted by molar-refractivity contribution is 5.81. The maximum Gasteiger partial charge on any atom is 0.393 e. The first-order valence-electron chi connectivity index (χ1n) is 8.08. The Kier molecular flexibility index (Phi) is 4.00. The predicted molar refractivity (Wildman–Crippen MR) is 77.2 cm³/mol. The number of hydrogen-bond donors (Lipinski definition) is 0. The minimum absolute atomic E-state index is 0.0752. The highest BCUT2D eigenvalue weighted by Crippen LogP contribution is 2.42. The van der Waals surface area contributed by atoms with E-state index in [9.17, 15) is 18.0 Å². The summed E-state index contributed by atoms with van der Waals surface area (Å²) in [4.78, 5) is 16.2. The lowest BCUT2D eigenvalue weighted by Gasteiger charge is -2.42. The zero-order valence-corrected chi connectivity index (χ0v) is 12.9. The molecule has 3 nitrogen and oxygen atoms in total. The molecule has 2 heterocycles. The zero-order chi connectivity index (χ0) is 16.0. The van der Waals surface area contributed by atoms with Gasteiger partial charge < -0.3 is 9.80 Å². The van der Waals surface area contributed by atoms with Gasteiger partial charge in [0.05, 0.1) is 17.4 Å². The maximum atomic E-state index is 13.3. The third kappa shape index (κ3) is 2.66. The van der Waals surface area contributed by atoms with Crippen LogP contribution in [0.25, 0.3) is 0 Å². The molecule has 1 saturated heterocycles. The molecular formula is C16H23F3N2O. The van der Waals surface area contributed by atoms with Crippen LogP contribution in [0.2, 0.25) is 0 Å². The number of rotatable bonds is 1. The Bertz CT molecular complexity index is 469. The van der Waals surface area contributed by atoms with Crippen LogP contribution in [0.1, 0.15) is 32.1 Å². The van der Waals surface area contributed by atoms with Crippen LogP contribution in [0.15, 0.2) is 12.2 Å². The molecule has 2 atom stereocenters. The van der Waals surface area contributed by atoms with Gasteiger partial charge in [0.25, 0.3) is 0 Å². The Morgan fingerprint density at radius 3 is 2.50 bits per heavy atom. The summed E-state index contributed by atoms with van der Waals surface area (Å²) in [5.74, 6) is -2.80. The summed E-state index contributed by atoms with van der Waals surface area (Å²) in [6, 6.07) is 0. The Morgan fingerprint density at radius 1 is 1.18 bits per heavy atom. The highest BCUT2D eigenvalue weighted by Gasteiger charge is 2.54. The summed E-state index contributed by atoms with van der Waals surface area (Å²) in [5.41, 5.74) is -0.313. The van der Waals surface area contributed by atoms with Gasteiger partial charge in [-0.05, 0) is 19.9 Å². The first-order valence-corrected chi connectivity index (χ1v) is 8.08. The predicted octanol–water partition coefficient (Wildman–Crippen LogP) is 2.83. The van der Waals surface area contributed by atoms with Gasteiger partial charge in [0, 0.05) is 19.6 Å². The first-order chi connectivity index (χ1) is 10.3. The number of nitrogens with zero attached hydrogens (tertiary/aromatic N) is 2. The molecular weight excluding hydrogens is 293 g/mol. The van der Waals surface area contributed by atoms with Crippen molar-refractivity contribution in [3.63, 3.8) is 0 Å². The monoisotopic (exact) mass is 316 g/mol. The minimum Gasteiger partial charge on any atom is -0.330 e. The molecule has 22 heavy (non-hydrogen) atoms. The van der Waals surface area contributed by atoms with Crippen molar-refractivity contribution < 1.29 is 18.0 Å². The number of halogens is 3. The van der Waals surface area contributed by atoms with Crippen molar-refractivity contribution in [2.75, 3.05) is 26.7 Å². The molecule has 0 aromatic carbocycles. The SMILES string of the molecule is CN1CC(C(=O)N2CC=CC23CCCCC3)C(C(F)(F)F)C1. The van der Waals surface area contributed by atoms with Gasteiger partial charge >= 0.3 is 6.18 Å². The van der Waals surface area contributed by atoms with Crippen LogP contribution in [0.5, 0.6) is 0 Å². The van der Waals surface area contributed by atoms with Crippen molar-refractivity contribution in [3.05, 3.63) is 12.2 Å². The van der Waals surface area contributed by atoms with E-state index in [4.69, 9.17) is 0 Å². The number of carbonyl (C=O) groups excluding carboxylic acids is 1. The van der Waals surface area contributed by atoms with Gasteiger partial charge in [0.15, 0.2) is 0 Å². The average Bonchev–Trinajstić information content (AvgIpc) is 3.03. The third-order valence-electron chi connectivity index (χ3n) is 5.48. The summed E-state index contributed by atoms with van der Waals surface area (Å²) in [6.07, 6.45) is 4.70. The van der Waals surface area contributed by atoms with Crippen LogP contribution in [-0.4, -0.2) is 54.1 Å². The standard InChI is InChI=1S/C16H23F3N2O/c1-20-10-12(13(11-20)16(17,18)19)14(22)21-9-5-8-15(21)6-3-2-4-7-15/h5,8,12-13H,2-4,6-7,9-11H2,1H3. The number of carbonyl (C=O) groups is 1. The molecule has 1 amide bonds. The molecule has 3 aliphatic rings. The summed E-state index contributed by atoms with van der Waals surface area (Å²) in [5, 5.41) is 0. The Hall–Kier alpha value is -1.04. The van der Waals surface area contributed by atoms with Gasteiger partial charge in [0.2, 0.25) is 5.91 Å². The molecule has 2 fully saturated rings. The van der Waals surface area contributed by atoms with E-state index in [-0.39, 0.29) is 24.5 Å². The van der Waals surface area contributed by atoms with E-state index in [1.807, 2.05) is 6.08 Å². The van der Waals surface area contributed by atoms with E-state index >= 15 is 0 Å². The average molecular weight is 316 g/mol. The molecule has 3 rings (SSSR count). The van der Waals surface area contributed by atoms with Gasteiger partial charge in [0.1, 0.15) is 0 Å². The molecule has 6 heteroatoms. The van der Waals surface area contributed by atoms with Gasteiger partial charge in [-0.25, -0.2) is 0 Å². The molecule has 1 saturated carbocycles. The smallest absolute Gasteiger partial charge is 0.330 e. The molecule has 0 aromatic heterocycles. The van der Waals surface area contributed by atoms with Crippen molar-refractivity contribution >= 4 is 5.91 Å². The normalized spacial score (nSPS) is 32.1. The first kappa shape index (κ1) is 15.8. The van der Waals surface area contributed by atoms with Crippen molar-refractivity contribution in [1.29, 1.82) is 0 Å². The topological polar surface area (TPSA) is 23.6 Å². The molecule has 0 radical (unpaired) electrons. The zero-order valence-electron chi connectivity index (χ0n) is 12.9. The van der Waals surface area contributed by atoms with E-state index in [1.165, 1.54) is 0 Å². The molecule has 1 aliphatic carbocycles. The Balaban J connectivity index is 1.81. The lowest BCUT2D eigenvalue weighted by molar-refractivity contribution is -0.187. The minimum atomic E-state index is -4.31. The lowest BCUT2D eigenvalue weighted by Crippen LogP contribution is -2.52. The molecule has 124 valence electrons. The molecule has 0 bridgehead atoms. The fourth-order valence-electron chi connectivity index (χ4n) is 4.34. The number of hydrogen-bond acceptors (Lipinski definition) is 2. The van der Waals surface area contributed by atoms with Gasteiger partial charge in [-0.1, -0.05) is 31.4 Å². The van der Waals surface area contributed by atoms with Crippen molar-refractivity contribution in [2.24, 2.45) is 11.8 Å². The van der Waals surface area contributed by atoms with Crippen molar-refractivity contribution in [3.8, 4) is 0 Å². The van der Waals surface area contributed by atoms with E-state index in [2.05, 4.69) is 6.08 Å². The largest absolute Gasteiger partial charge is 0.393 e. The lowest BCUT2D eigenvalue weighted by atomic mass is 9.80. The van der Waals surface area contributed by atoms with Gasteiger partial charge in [-0.3, -0.25) is 4.79 Å². The van der Waals surface area contributed by atoms with E-state index in [0.717, 1.165) is 32.1 Å².